The Kier molecular flexibility index (Phi) is 6.78. The highest BCUT2D eigenvalue weighted by Crippen LogP contribution is 2.28. The molecule has 32 heavy (non-hydrogen) atoms. The number of anilines is 1. The number of hydrogen-bond acceptors (Lipinski definition) is 4. The smallest absolute Gasteiger partial charge is 0.262 e. The Bertz CT molecular complexity index is 1260. The summed E-state index contributed by atoms with van der Waals surface area (Å²) in [7, 11) is -2.61. The molecule has 0 saturated heterocycles. The van der Waals surface area contributed by atoms with Crippen LogP contribution in [0.25, 0.3) is 0 Å². The van der Waals surface area contributed by atoms with E-state index in [1.807, 2.05) is 0 Å². The molecule has 0 spiro atoms. The average Bonchev–Trinajstić information content (AvgIpc) is 2.73. The van der Waals surface area contributed by atoms with Crippen LogP contribution in [0.5, 0.6) is 5.75 Å². The summed E-state index contributed by atoms with van der Waals surface area (Å²) in [6.45, 7) is 3.15. The second-order valence-corrected chi connectivity index (χ2v) is 8.80. The number of carbonyl (C=O) groups is 1. The minimum atomic E-state index is -4.04. The average molecular weight is 461 g/mol. The van der Waals surface area contributed by atoms with Gasteiger partial charge in [0.2, 0.25) is 0 Å². The zero-order valence-corrected chi connectivity index (χ0v) is 18.5. The number of methoxy groups -OCH3 is 1. The van der Waals surface area contributed by atoms with Crippen LogP contribution in [0, 0.1) is 18.6 Å². The van der Waals surface area contributed by atoms with Crippen molar-refractivity contribution in [1.29, 1.82) is 0 Å². The summed E-state index contributed by atoms with van der Waals surface area (Å²) in [5, 5.41) is 2.60. The molecule has 3 aromatic carbocycles. The Morgan fingerprint density at radius 2 is 1.75 bits per heavy atom. The first-order valence-electron chi connectivity index (χ1n) is 9.64. The van der Waals surface area contributed by atoms with Gasteiger partial charge < -0.3 is 10.1 Å². The second kappa shape index (κ2) is 9.35. The first-order valence-corrected chi connectivity index (χ1v) is 11.1. The Morgan fingerprint density at radius 3 is 2.44 bits per heavy atom. The Morgan fingerprint density at radius 1 is 1.03 bits per heavy atom. The maximum absolute atomic E-state index is 14.0. The summed E-state index contributed by atoms with van der Waals surface area (Å²) in [6, 6.07) is 13.1. The van der Waals surface area contributed by atoms with E-state index >= 15 is 0 Å². The van der Waals surface area contributed by atoms with Crippen LogP contribution in [-0.4, -0.2) is 21.4 Å². The molecule has 9 heteroatoms. The van der Waals surface area contributed by atoms with E-state index in [4.69, 9.17) is 4.74 Å². The van der Waals surface area contributed by atoms with E-state index in [0.29, 0.717) is 11.3 Å². The molecule has 1 atom stereocenters. The fourth-order valence-corrected chi connectivity index (χ4v) is 4.51. The lowest BCUT2D eigenvalue weighted by atomic mass is 10.1. The molecule has 0 aliphatic rings. The molecule has 6 nitrogen and oxygen atoms in total. The van der Waals surface area contributed by atoms with Crippen molar-refractivity contribution in [3.8, 4) is 5.75 Å². The molecule has 1 amide bonds. The number of carbonyl (C=O) groups excluding carboxylic acids is 1. The molecule has 3 rings (SSSR count). The van der Waals surface area contributed by atoms with Gasteiger partial charge in [-0.15, -0.1) is 0 Å². The van der Waals surface area contributed by atoms with Gasteiger partial charge in [0.25, 0.3) is 15.9 Å². The summed E-state index contributed by atoms with van der Waals surface area (Å²) in [4.78, 5) is 12.6. The third-order valence-electron chi connectivity index (χ3n) is 4.87. The van der Waals surface area contributed by atoms with Crippen LogP contribution >= 0.6 is 0 Å². The summed E-state index contributed by atoms with van der Waals surface area (Å²) in [5.74, 6) is -1.76. The van der Waals surface area contributed by atoms with E-state index in [9.17, 15) is 22.0 Å². The first kappa shape index (κ1) is 23.2. The standard InChI is InChI=1S/C23H22F2N2O4S/c1-14-8-9-16(23(28)26-15(2)18-11-10-17(24)13-19(18)25)12-22(14)32(29,30)27-20-6-4-5-7-21(20)31-3/h4-13,15,27H,1-3H3,(H,26,28). The number of ether oxygens (including phenoxy) is 1. The van der Waals surface area contributed by atoms with Gasteiger partial charge in [0, 0.05) is 17.2 Å². The quantitative estimate of drug-likeness (QED) is 0.541. The van der Waals surface area contributed by atoms with Crippen molar-refractivity contribution in [3.05, 3.63) is 89.0 Å². The van der Waals surface area contributed by atoms with Crippen LogP contribution in [-0.2, 0) is 10.0 Å². The highest BCUT2D eigenvalue weighted by Gasteiger charge is 2.22. The van der Waals surface area contributed by atoms with Gasteiger partial charge in [-0.1, -0.05) is 24.3 Å². The number of benzene rings is 3. The topological polar surface area (TPSA) is 84.5 Å². The number of nitrogens with one attached hydrogen (secondary N) is 2. The number of hydrogen-bond donors (Lipinski definition) is 2. The van der Waals surface area contributed by atoms with Crippen molar-refractivity contribution in [2.24, 2.45) is 0 Å². The van der Waals surface area contributed by atoms with Crippen molar-refractivity contribution in [2.75, 3.05) is 11.8 Å². The Balaban J connectivity index is 1.86. The van der Waals surface area contributed by atoms with Crippen LogP contribution in [0.1, 0.15) is 34.5 Å². The Hall–Kier alpha value is -3.46. The van der Waals surface area contributed by atoms with Gasteiger partial charge in [0.1, 0.15) is 17.4 Å². The van der Waals surface area contributed by atoms with Crippen molar-refractivity contribution < 1.29 is 26.7 Å². The van der Waals surface area contributed by atoms with Gasteiger partial charge in [0.15, 0.2) is 0 Å². The lowest BCUT2D eigenvalue weighted by Gasteiger charge is -2.17. The molecule has 0 saturated carbocycles. The summed E-state index contributed by atoms with van der Waals surface area (Å²) in [5.41, 5.74) is 0.870. The lowest BCUT2D eigenvalue weighted by Crippen LogP contribution is -2.27. The van der Waals surface area contributed by atoms with Crippen LogP contribution in [0.2, 0.25) is 0 Å². The Labute approximate surface area is 185 Å². The molecule has 0 radical (unpaired) electrons. The molecule has 0 fully saturated rings. The van der Waals surface area contributed by atoms with E-state index in [0.717, 1.165) is 12.1 Å². The highest BCUT2D eigenvalue weighted by atomic mass is 32.2. The molecule has 168 valence electrons. The molecule has 0 aliphatic heterocycles. The summed E-state index contributed by atoms with van der Waals surface area (Å²) < 4.78 is 60.8. The van der Waals surface area contributed by atoms with Gasteiger partial charge in [-0.05, 0) is 49.7 Å². The van der Waals surface area contributed by atoms with Gasteiger partial charge >= 0.3 is 0 Å². The summed E-state index contributed by atoms with van der Waals surface area (Å²) >= 11 is 0. The molecule has 0 aromatic heterocycles. The van der Waals surface area contributed by atoms with E-state index in [2.05, 4.69) is 10.0 Å². The third-order valence-corrected chi connectivity index (χ3v) is 6.38. The normalized spacial score (nSPS) is 12.2. The predicted molar refractivity (Wildman–Crippen MR) is 117 cm³/mol. The molecule has 1 unspecified atom stereocenters. The van der Waals surface area contributed by atoms with Crippen LogP contribution in [0.15, 0.2) is 65.6 Å². The highest BCUT2D eigenvalue weighted by molar-refractivity contribution is 7.92. The van der Waals surface area contributed by atoms with Gasteiger partial charge in [-0.25, -0.2) is 17.2 Å². The van der Waals surface area contributed by atoms with Gasteiger partial charge in [-0.2, -0.15) is 0 Å². The van der Waals surface area contributed by atoms with Crippen molar-refractivity contribution in [2.45, 2.75) is 24.8 Å². The van der Waals surface area contributed by atoms with Crippen molar-refractivity contribution >= 4 is 21.6 Å². The van der Waals surface area contributed by atoms with Crippen LogP contribution < -0.4 is 14.8 Å². The van der Waals surface area contributed by atoms with E-state index in [-0.39, 0.29) is 21.7 Å². The largest absolute Gasteiger partial charge is 0.495 e. The summed E-state index contributed by atoms with van der Waals surface area (Å²) in [6.07, 6.45) is 0. The maximum atomic E-state index is 14.0. The van der Waals surface area contributed by atoms with E-state index < -0.39 is 33.6 Å². The lowest BCUT2D eigenvalue weighted by molar-refractivity contribution is 0.0939. The number of aryl methyl sites for hydroxylation is 1. The van der Waals surface area contributed by atoms with Gasteiger partial charge in [0.05, 0.1) is 23.7 Å². The molecular weight excluding hydrogens is 438 g/mol. The third kappa shape index (κ3) is 5.05. The zero-order valence-electron chi connectivity index (χ0n) is 17.6. The predicted octanol–water partition coefficient (Wildman–Crippen LogP) is 4.57. The molecule has 0 aliphatic carbocycles. The fourth-order valence-electron chi connectivity index (χ4n) is 3.17. The van der Waals surface area contributed by atoms with Crippen LogP contribution in [0.4, 0.5) is 14.5 Å². The monoisotopic (exact) mass is 460 g/mol. The zero-order chi connectivity index (χ0) is 23.5. The molecule has 2 N–H and O–H groups in total. The number of halogens is 2. The molecule has 0 bridgehead atoms. The first-order chi connectivity index (χ1) is 15.1. The number of para-hydroxylation sites is 2. The number of rotatable bonds is 7. The SMILES string of the molecule is COc1ccccc1NS(=O)(=O)c1cc(C(=O)NC(C)c2ccc(F)cc2F)ccc1C. The second-order valence-electron chi connectivity index (χ2n) is 7.15. The van der Waals surface area contributed by atoms with Gasteiger partial charge in [-0.3, -0.25) is 9.52 Å². The number of sulfonamides is 1. The molecular formula is C23H22F2N2O4S. The minimum Gasteiger partial charge on any atom is -0.495 e. The maximum Gasteiger partial charge on any atom is 0.262 e. The van der Waals surface area contributed by atoms with Crippen molar-refractivity contribution in [3.63, 3.8) is 0 Å². The van der Waals surface area contributed by atoms with Crippen LogP contribution in [0.3, 0.4) is 0 Å². The number of amides is 1. The minimum absolute atomic E-state index is 0.0744. The van der Waals surface area contributed by atoms with E-state index in [1.165, 1.54) is 31.4 Å². The fraction of sp³-hybridized carbons (Fsp3) is 0.174. The van der Waals surface area contributed by atoms with E-state index in [1.54, 1.807) is 38.1 Å². The van der Waals surface area contributed by atoms with Crippen molar-refractivity contribution in [1.82, 2.24) is 5.32 Å². The molecule has 0 heterocycles. The molecule has 3 aromatic rings.